The number of carbonyl (C=O) groups is 2. The smallest absolute Gasteiger partial charge is 0.246 e. The minimum Gasteiger partial charge on any atom is -0.354 e. The van der Waals surface area contributed by atoms with Gasteiger partial charge in [-0.2, -0.15) is 0 Å². The molecule has 120 valence electrons. The van der Waals surface area contributed by atoms with Crippen molar-refractivity contribution >= 4 is 11.8 Å². The van der Waals surface area contributed by atoms with Gasteiger partial charge in [0, 0.05) is 19.4 Å². The van der Waals surface area contributed by atoms with E-state index >= 15 is 0 Å². The SMILES string of the molecule is C=C[C@@H]1CCC(CN)[C@@](NC(C)=O)(C(=O)NCCCC)C1. The molecule has 1 rings (SSSR count). The normalized spacial score (nSPS) is 28.7. The lowest BCUT2D eigenvalue weighted by molar-refractivity contribution is -0.137. The monoisotopic (exact) mass is 295 g/mol. The molecule has 1 aliphatic carbocycles. The van der Waals surface area contributed by atoms with E-state index in [-0.39, 0.29) is 23.7 Å². The Bertz CT molecular complexity index is 384. The van der Waals surface area contributed by atoms with Crippen molar-refractivity contribution in [3.8, 4) is 0 Å². The lowest BCUT2D eigenvalue weighted by atomic mass is 9.67. The first-order valence-corrected chi connectivity index (χ1v) is 7.89. The highest BCUT2D eigenvalue weighted by molar-refractivity contribution is 5.91. The van der Waals surface area contributed by atoms with E-state index in [2.05, 4.69) is 24.1 Å². The van der Waals surface area contributed by atoms with Gasteiger partial charge in [0.15, 0.2) is 0 Å². The van der Waals surface area contributed by atoms with Crippen molar-refractivity contribution in [1.29, 1.82) is 0 Å². The summed E-state index contributed by atoms with van der Waals surface area (Å²) in [6.07, 6.45) is 6.20. The molecular formula is C16H29N3O2. The van der Waals surface area contributed by atoms with E-state index in [0.29, 0.717) is 19.5 Å². The second kappa shape index (κ2) is 8.17. The molecule has 21 heavy (non-hydrogen) atoms. The maximum absolute atomic E-state index is 12.7. The van der Waals surface area contributed by atoms with Crippen molar-refractivity contribution < 1.29 is 9.59 Å². The molecule has 0 saturated heterocycles. The number of carbonyl (C=O) groups excluding carboxylic acids is 2. The summed E-state index contributed by atoms with van der Waals surface area (Å²) in [7, 11) is 0. The highest BCUT2D eigenvalue weighted by atomic mass is 16.2. The van der Waals surface area contributed by atoms with Gasteiger partial charge in [-0.1, -0.05) is 19.4 Å². The number of rotatable bonds is 7. The predicted octanol–water partition coefficient (Wildman–Crippen LogP) is 1.34. The maximum Gasteiger partial charge on any atom is 0.246 e. The van der Waals surface area contributed by atoms with Crippen LogP contribution in [0.5, 0.6) is 0 Å². The van der Waals surface area contributed by atoms with Crippen molar-refractivity contribution in [1.82, 2.24) is 10.6 Å². The largest absolute Gasteiger partial charge is 0.354 e. The Morgan fingerprint density at radius 1 is 1.43 bits per heavy atom. The average Bonchev–Trinajstić information content (AvgIpc) is 2.46. The van der Waals surface area contributed by atoms with Gasteiger partial charge in [0.2, 0.25) is 11.8 Å². The third kappa shape index (κ3) is 4.30. The number of hydrogen-bond acceptors (Lipinski definition) is 3. The average molecular weight is 295 g/mol. The molecule has 0 bridgehead atoms. The number of amides is 2. The molecule has 0 aliphatic heterocycles. The zero-order valence-corrected chi connectivity index (χ0v) is 13.3. The molecule has 0 spiro atoms. The van der Waals surface area contributed by atoms with E-state index in [1.54, 1.807) is 0 Å². The molecule has 0 aromatic carbocycles. The quantitative estimate of drug-likeness (QED) is 0.489. The van der Waals surface area contributed by atoms with Gasteiger partial charge in [-0.25, -0.2) is 0 Å². The summed E-state index contributed by atoms with van der Waals surface area (Å²) in [4.78, 5) is 24.4. The van der Waals surface area contributed by atoms with E-state index in [1.807, 2.05) is 6.08 Å². The number of unbranched alkanes of at least 4 members (excludes halogenated alkanes) is 1. The molecule has 5 heteroatoms. The molecule has 0 heterocycles. The van der Waals surface area contributed by atoms with Crippen LogP contribution in [0.4, 0.5) is 0 Å². The van der Waals surface area contributed by atoms with Gasteiger partial charge in [-0.15, -0.1) is 6.58 Å². The van der Waals surface area contributed by atoms with Gasteiger partial charge in [-0.3, -0.25) is 9.59 Å². The van der Waals surface area contributed by atoms with E-state index in [9.17, 15) is 9.59 Å². The Morgan fingerprint density at radius 2 is 2.14 bits per heavy atom. The third-order valence-electron chi connectivity index (χ3n) is 4.41. The van der Waals surface area contributed by atoms with Gasteiger partial charge >= 0.3 is 0 Å². The fourth-order valence-electron chi connectivity index (χ4n) is 3.20. The van der Waals surface area contributed by atoms with Gasteiger partial charge in [-0.05, 0) is 38.1 Å². The lowest BCUT2D eigenvalue weighted by Crippen LogP contribution is -2.66. The first kappa shape index (κ1) is 17.7. The second-order valence-corrected chi connectivity index (χ2v) is 5.97. The van der Waals surface area contributed by atoms with E-state index < -0.39 is 5.54 Å². The van der Waals surface area contributed by atoms with Crippen LogP contribution in [0.25, 0.3) is 0 Å². The Balaban J connectivity index is 2.99. The first-order valence-electron chi connectivity index (χ1n) is 7.89. The second-order valence-electron chi connectivity index (χ2n) is 5.97. The van der Waals surface area contributed by atoms with Crippen molar-refractivity contribution in [2.45, 2.75) is 51.5 Å². The predicted molar refractivity (Wildman–Crippen MR) is 84.5 cm³/mol. The Labute approximate surface area is 127 Å². The molecular weight excluding hydrogens is 266 g/mol. The molecule has 0 aromatic rings. The fourth-order valence-corrected chi connectivity index (χ4v) is 3.20. The number of hydrogen-bond donors (Lipinski definition) is 3. The Hall–Kier alpha value is -1.36. The Morgan fingerprint density at radius 3 is 2.67 bits per heavy atom. The molecule has 2 amide bonds. The molecule has 1 fully saturated rings. The van der Waals surface area contributed by atoms with Crippen LogP contribution < -0.4 is 16.4 Å². The number of nitrogens with one attached hydrogen (secondary N) is 2. The summed E-state index contributed by atoms with van der Waals surface area (Å²) in [6, 6.07) is 0. The molecule has 1 unspecified atom stereocenters. The molecule has 0 aromatic heterocycles. The molecule has 3 atom stereocenters. The van der Waals surface area contributed by atoms with Gasteiger partial charge < -0.3 is 16.4 Å². The first-order chi connectivity index (χ1) is 10.00. The van der Waals surface area contributed by atoms with Gasteiger partial charge in [0.1, 0.15) is 5.54 Å². The van der Waals surface area contributed by atoms with Crippen LogP contribution in [0.3, 0.4) is 0 Å². The number of nitrogens with two attached hydrogens (primary N) is 1. The van der Waals surface area contributed by atoms with Crippen molar-refractivity contribution in [2.24, 2.45) is 17.6 Å². The summed E-state index contributed by atoms with van der Waals surface area (Å²) < 4.78 is 0. The minimum absolute atomic E-state index is 0.0285. The third-order valence-corrected chi connectivity index (χ3v) is 4.41. The summed E-state index contributed by atoms with van der Waals surface area (Å²) >= 11 is 0. The molecule has 1 saturated carbocycles. The van der Waals surface area contributed by atoms with Crippen molar-refractivity contribution in [2.75, 3.05) is 13.1 Å². The molecule has 4 N–H and O–H groups in total. The standard InChI is InChI=1S/C16H29N3O2/c1-4-6-9-18-15(21)16(19-12(3)20)10-13(5-2)7-8-14(16)11-17/h5,13-14H,2,4,6-11,17H2,1,3H3,(H,18,21)(H,19,20)/t13-,14?,16-/m1/s1. The van der Waals surface area contributed by atoms with Crippen LogP contribution in [-0.2, 0) is 9.59 Å². The van der Waals surface area contributed by atoms with E-state index in [1.165, 1.54) is 6.92 Å². The van der Waals surface area contributed by atoms with Crippen LogP contribution in [-0.4, -0.2) is 30.4 Å². The van der Waals surface area contributed by atoms with Gasteiger partial charge in [0.25, 0.3) is 0 Å². The molecule has 1 aliphatic rings. The van der Waals surface area contributed by atoms with Crippen LogP contribution in [0.15, 0.2) is 12.7 Å². The summed E-state index contributed by atoms with van der Waals surface area (Å²) in [5.74, 6) is -0.0900. The highest BCUT2D eigenvalue weighted by Crippen LogP contribution is 2.37. The molecule has 5 nitrogen and oxygen atoms in total. The summed E-state index contributed by atoms with van der Waals surface area (Å²) in [5, 5.41) is 5.87. The highest BCUT2D eigenvalue weighted by Gasteiger charge is 2.49. The minimum atomic E-state index is -0.897. The topological polar surface area (TPSA) is 84.2 Å². The van der Waals surface area contributed by atoms with Crippen LogP contribution >= 0.6 is 0 Å². The Kier molecular flexibility index (Phi) is 6.89. The lowest BCUT2D eigenvalue weighted by Gasteiger charge is -2.45. The molecule has 0 radical (unpaired) electrons. The fraction of sp³-hybridized carbons (Fsp3) is 0.750. The summed E-state index contributed by atoms with van der Waals surface area (Å²) in [6.45, 7) is 8.39. The zero-order valence-electron chi connectivity index (χ0n) is 13.3. The maximum atomic E-state index is 12.7. The van der Waals surface area contributed by atoms with Crippen LogP contribution in [0.2, 0.25) is 0 Å². The number of allylic oxidation sites excluding steroid dienone is 1. The van der Waals surface area contributed by atoms with Crippen LogP contribution in [0.1, 0.15) is 46.0 Å². The zero-order chi connectivity index (χ0) is 15.9. The van der Waals surface area contributed by atoms with E-state index in [4.69, 9.17) is 5.73 Å². The summed E-state index contributed by atoms with van der Waals surface area (Å²) in [5.41, 5.74) is 4.98. The van der Waals surface area contributed by atoms with Crippen molar-refractivity contribution in [3.63, 3.8) is 0 Å². The van der Waals surface area contributed by atoms with Gasteiger partial charge in [0.05, 0.1) is 0 Å². The van der Waals surface area contributed by atoms with Crippen molar-refractivity contribution in [3.05, 3.63) is 12.7 Å². The van der Waals surface area contributed by atoms with Crippen LogP contribution in [0, 0.1) is 11.8 Å². The van der Waals surface area contributed by atoms with E-state index in [0.717, 1.165) is 25.7 Å².